The topological polar surface area (TPSA) is 118 Å². The van der Waals surface area contributed by atoms with Crippen LogP contribution in [0.3, 0.4) is 0 Å². The minimum atomic E-state index is -1.26. The van der Waals surface area contributed by atoms with Gasteiger partial charge in [0, 0.05) is 18.3 Å². The Morgan fingerprint density at radius 2 is 2.04 bits per heavy atom. The first kappa shape index (κ1) is 17.7. The molecule has 24 heavy (non-hydrogen) atoms. The van der Waals surface area contributed by atoms with Crippen LogP contribution in [0.15, 0.2) is 42.6 Å². The molecule has 0 radical (unpaired) electrons. The zero-order chi connectivity index (χ0) is 17.5. The molecule has 2 rings (SSSR count). The first-order valence-corrected chi connectivity index (χ1v) is 7.50. The van der Waals surface area contributed by atoms with Crippen LogP contribution in [0.25, 0.3) is 0 Å². The van der Waals surface area contributed by atoms with Crippen LogP contribution in [0.1, 0.15) is 22.8 Å². The number of carbonyl (C=O) groups excluding carboxylic acids is 1. The highest BCUT2D eigenvalue weighted by Gasteiger charge is 2.22. The van der Waals surface area contributed by atoms with Crippen LogP contribution in [0.2, 0.25) is 0 Å². The van der Waals surface area contributed by atoms with Gasteiger partial charge in [0.1, 0.15) is 24.6 Å². The van der Waals surface area contributed by atoms with Crippen molar-refractivity contribution in [1.29, 1.82) is 0 Å². The Morgan fingerprint density at radius 1 is 1.33 bits per heavy atom. The normalized spacial score (nSPS) is 13.1. The van der Waals surface area contributed by atoms with Crippen molar-refractivity contribution in [3.63, 3.8) is 0 Å². The second-order valence-electron chi connectivity index (χ2n) is 5.44. The van der Waals surface area contributed by atoms with E-state index in [1.54, 1.807) is 19.2 Å². The van der Waals surface area contributed by atoms with E-state index in [1.165, 1.54) is 0 Å². The second-order valence-corrected chi connectivity index (χ2v) is 5.44. The fourth-order valence-electron chi connectivity index (χ4n) is 2.12. The van der Waals surface area contributed by atoms with Gasteiger partial charge in [-0.1, -0.05) is 30.3 Å². The summed E-state index contributed by atoms with van der Waals surface area (Å²) in [7, 11) is 0. The van der Waals surface area contributed by atoms with Crippen molar-refractivity contribution in [3.8, 4) is 0 Å². The lowest BCUT2D eigenvalue weighted by molar-refractivity contribution is 0.0186. The van der Waals surface area contributed by atoms with Crippen molar-refractivity contribution in [2.75, 3.05) is 12.3 Å². The van der Waals surface area contributed by atoms with Crippen molar-refractivity contribution in [3.05, 3.63) is 59.3 Å². The number of nitrogen functional groups attached to an aromatic ring is 1. The third-order valence-corrected chi connectivity index (χ3v) is 3.44. The number of carbonyl (C=O) groups is 1. The molecular formula is C17H21N3O4. The van der Waals surface area contributed by atoms with Gasteiger partial charge in [0.15, 0.2) is 0 Å². The number of pyridine rings is 1. The maximum Gasteiger partial charge on any atom is 0.407 e. The average molecular weight is 331 g/mol. The van der Waals surface area contributed by atoms with E-state index in [1.807, 2.05) is 30.3 Å². The number of aromatic nitrogens is 1. The van der Waals surface area contributed by atoms with Gasteiger partial charge < -0.3 is 26.0 Å². The lowest BCUT2D eigenvalue weighted by Crippen LogP contribution is -2.36. The van der Waals surface area contributed by atoms with E-state index in [4.69, 9.17) is 10.5 Å². The third-order valence-electron chi connectivity index (χ3n) is 3.44. The molecule has 2 atom stereocenters. The number of aryl methyl sites for hydroxylation is 1. The molecule has 0 saturated heterocycles. The highest BCUT2D eigenvalue weighted by molar-refractivity contribution is 5.67. The van der Waals surface area contributed by atoms with Gasteiger partial charge in [0.05, 0.1) is 0 Å². The lowest BCUT2D eigenvalue weighted by atomic mass is 10.0. The molecule has 1 heterocycles. The molecule has 7 nitrogen and oxygen atoms in total. The van der Waals surface area contributed by atoms with Gasteiger partial charge in [-0.2, -0.15) is 0 Å². The van der Waals surface area contributed by atoms with Gasteiger partial charge >= 0.3 is 6.09 Å². The van der Waals surface area contributed by atoms with E-state index >= 15 is 0 Å². The lowest BCUT2D eigenvalue weighted by Gasteiger charge is -2.19. The number of ether oxygens (including phenoxy) is 1. The Morgan fingerprint density at radius 3 is 2.75 bits per heavy atom. The summed E-state index contributed by atoms with van der Waals surface area (Å²) in [5.74, 6) is 0.138. The van der Waals surface area contributed by atoms with Crippen LogP contribution in [0, 0.1) is 6.92 Å². The minimum Gasteiger partial charge on any atom is -0.445 e. The molecule has 0 aliphatic rings. The van der Waals surface area contributed by atoms with Gasteiger partial charge in [-0.25, -0.2) is 9.78 Å². The van der Waals surface area contributed by atoms with E-state index in [0.717, 1.165) is 11.1 Å². The Balaban J connectivity index is 1.82. The molecule has 5 N–H and O–H groups in total. The van der Waals surface area contributed by atoms with Gasteiger partial charge in [0.2, 0.25) is 0 Å². The number of nitrogens with two attached hydrogens (primary N) is 1. The third kappa shape index (κ3) is 4.94. The zero-order valence-corrected chi connectivity index (χ0v) is 13.3. The molecule has 0 saturated carbocycles. The molecule has 2 aromatic rings. The summed E-state index contributed by atoms with van der Waals surface area (Å²) in [5, 5.41) is 22.6. The van der Waals surface area contributed by atoms with Crippen molar-refractivity contribution in [2.24, 2.45) is 0 Å². The zero-order valence-electron chi connectivity index (χ0n) is 13.3. The summed E-state index contributed by atoms with van der Waals surface area (Å²) < 4.78 is 5.03. The van der Waals surface area contributed by atoms with E-state index in [9.17, 15) is 15.0 Å². The number of nitrogens with one attached hydrogen (secondary N) is 1. The fourth-order valence-corrected chi connectivity index (χ4v) is 2.12. The molecule has 0 fully saturated rings. The Kier molecular flexibility index (Phi) is 6.11. The van der Waals surface area contributed by atoms with E-state index in [2.05, 4.69) is 10.3 Å². The molecule has 0 bridgehead atoms. The smallest absolute Gasteiger partial charge is 0.407 e. The number of anilines is 1. The number of aliphatic hydroxyl groups excluding tert-OH is 2. The number of hydrogen-bond acceptors (Lipinski definition) is 6. The number of benzene rings is 1. The summed E-state index contributed by atoms with van der Waals surface area (Å²) in [5.41, 5.74) is 7.68. The monoisotopic (exact) mass is 331 g/mol. The first-order valence-electron chi connectivity index (χ1n) is 7.50. The number of amides is 1. The predicted octanol–water partition coefficient (Wildman–Crippen LogP) is 1.29. The Hall–Kier alpha value is -2.64. The summed E-state index contributed by atoms with van der Waals surface area (Å²) in [6.07, 6.45) is -1.61. The molecule has 0 aliphatic heterocycles. The van der Waals surface area contributed by atoms with Crippen molar-refractivity contribution >= 4 is 11.9 Å². The SMILES string of the molecule is Cc1cnc(N)c(C(O)C(O)CNC(=O)OCc2ccccc2)c1. The Labute approximate surface area is 140 Å². The second kappa shape index (κ2) is 8.28. The summed E-state index contributed by atoms with van der Waals surface area (Å²) in [4.78, 5) is 15.6. The van der Waals surface area contributed by atoms with E-state index in [0.29, 0.717) is 5.56 Å². The van der Waals surface area contributed by atoms with Gasteiger partial charge in [0.25, 0.3) is 0 Å². The molecule has 1 aromatic carbocycles. The number of alkyl carbamates (subject to hydrolysis) is 1. The standard InChI is InChI=1S/C17H21N3O4/c1-11-7-13(16(18)19-8-11)15(22)14(21)9-20-17(23)24-10-12-5-3-2-4-6-12/h2-8,14-15,21-22H,9-10H2,1H3,(H2,18,19)(H,20,23). The van der Waals surface area contributed by atoms with Crippen LogP contribution in [0.5, 0.6) is 0 Å². The molecule has 7 heteroatoms. The summed E-state index contributed by atoms with van der Waals surface area (Å²) in [6.45, 7) is 1.75. The summed E-state index contributed by atoms with van der Waals surface area (Å²) in [6, 6.07) is 10.9. The largest absolute Gasteiger partial charge is 0.445 e. The van der Waals surface area contributed by atoms with Gasteiger partial charge in [-0.05, 0) is 24.1 Å². The van der Waals surface area contributed by atoms with Crippen molar-refractivity contribution in [2.45, 2.75) is 25.7 Å². The quantitative estimate of drug-likeness (QED) is 0.633. The van der Waals surface area contributed by atoms with Crippen LogP contribution >= 0.6 is 0 Å². The van der Waals surface area contributed by atoms with Crippen LogP contribution in [0.4, 0.5) is 10.6 Å². The van der Waals surface area contributed by atoms with Gasteiger partial charge in [-0.15, -0.1) is 0 Å². The Bertz CT molecular complexity index is 679. The molecule has 0 spiro atoms. The maximum atomic E-state index is 11.6. The molecular weight excluding hydrogens is 310 g/mol. The number of rotatable bonds is 6. The number of hydrogen-bond donors (Lipinski definition) is 4. The minimum absolute atomic E-state index is 0.125. The molecule has 0 aliphatic carbocycles. The van der Waals surface area contributed by atoms with E-state index in [-0.39, 0.29) is 19.0 Å². The molecule has 2 unspecified atom stereocenters. The summed E-state index contributed by atoms with van der Waals surface area (Å²) >= 11 is 0. The van der Waals surface area contributed by atoms with Crippen molar-refractivity contribution < 1.29 is 19.7 Å². The number of aliphatic hydroxyl groups is 2. The van der Waals surface area contributed by atoms with Gasteiger partial charge in [-0.3, -0.25) is 0 Å². The van der Waals surface area contributed by atoms with E-state index < -0.39 is 18.3 Å². The first-order chi connectivity index (χ1) is 11.5. The highest BCUT2D eigenvalue weighted by Crippen LogP contribution is 2.22. The average Bonchev–Trinajstić information content (AvgIpc) is 2.60. The highest BCUT2D eigenvalue weighted by atomic mass is 16.5. The van der Waals surface area contributed by atoms with Crippen LogP contribution in [-0.2, 0) is 11.3 Å². The maximum absolute atomic E-state index is 11.6. The molecule has 1 aromatic heterocycles. The predicted molar refractivity (Wildman–Crippen MR) is 89.0 cm³/mol. The van der Waals surface area contributed by atoms with Crippen molar-refractivity contribution in [1.82, 2.24) is 10.3 Å². The van der Waals surface area contributed by atoms with Crippen LogP contribution < -0.4 is 11.1 Å². The molecule has 128 valence electrons. The molecule has 1 amide bonds. The fraction of sp³-hybridized carbons (Fsp3) is 0.294. The number of nitrogens with zero attached hydrogens (tertiary/aromatic N) is 1. The van der Waals surface area contributed by atoms with Crippen LogP contribution in [-0.4, -0.2) is 33.9 Å².